The fraction of sp³-hybridized carbons (Fsp3) is 0.600. The molecule has 0 aromatic carbocycles. The van der Waals surface area contributed by atoms with Crippen LogP contribution in [0.4, 0.5) is 0 Å². The van der Waals surface area contributed by atoms with Crippen molar-refractivity contribution in [3.8, 4) is 0 Å². The first-order chi connectivity index (χ1) is 12.6. The maximum absolute atomic E-state index is 10.3. The summed E-state index contributed by atoms with van der Waals surface area (Å²) < 4.78 is 0. The van der Waals surface area contributed by atoms with E-state index in [-0.39, 0.29) is 86.4 Å². The summed E-state index contributed by atoms with van der Waals surface area (Å²) in [5.74, 6) is -3.87. The number of hydrogen-bond donors (Lipinski definition) is 3. The molecule has 13 heteroatoms. The van der Waals surface area contributed by atoms with E-state index in [1.165, 1.54) is 0 Å². The molecule has 3 saturated heterocycles. The molecule has 0 spiro atoms. The zero-order valence-corrected chi connectivity index (χ0v) is 16.9. The molecule has 12 nitrogen and oxygen atoms in total. The molecule has 28 heavy (non-hydrogen) atoms. The Bertz CT molecular complexity index is 555. The fourth-order valence-corrected chi connectivity index (χ4v) is 2.23. The standard InChI is InChI=1S/3C5H7NO3.Eu/c3*7-4-2-1-3(6-4)5(8)9;/h3*3H,1-2H2,(H2,6,7,8,9);/q;;;+3/p-3. The van der Waals surface area contributed by atoms with Crippen LogP contribution in [0.15, 0.2) is 0 Å². The smallest absolute Gasteiger partial charge is 0.642 e. The molecule has 154 valence electrons. The molecule has 0 bridgehead atoms. The van der Waals surface area contributed by atoms with Crippen LogP contribution in [0.5, 0.6) is 0 Å². The van der Waals surface area contributed by atoms with Crippen LogP contribution in [0.3, 0.4) is 0 Å². The average molecular weight is 536 g/mol. The molecule has 3 aliphatic rings. The molecule has 0 aromatic heterocycles. The van der Waals surface area contributed by atoms with Crippen molar-refractivity contribution in [1.82, 2.24) is 0 Å². The minimum atomic E-state index is -0.999. The fourth-order valence-electron chi connectivity index (χ4n) is 2.23. The second kappa shape index (κ2) is 12.8. The van der Waals surface area contributed by atoms with E-state index >= 15 is 0 Å². The van der Waals surface area contributed by atoms with Crippen molar-refractivity contribution in [2.75, 3.05) is 0 Å². The average Bonchev–Trinajstić information content (AvgIpc) is 3.30. The third kappa shape index (κ3) is 9.55. The minimum Gasteiger partial charge on any atom is -0.642 e. The number of rotatable bonds is 3. The van der Waals surface area contributed by atoms with Crippen molar-refractivity contribution in [2.24, 2.45) is 0 Å². The molecular formula is C15H18EuN3O9. The predicted octanol–water partition coefficient (Wildman–Crippen LogP) is 0.401. The topological polar surface area (TPSA) is 205 Å². The van der Waals surface area contributed by atoms with Gasteiger partial charge in [-0.05, 0) is 37.4 Å². The third-order valence-corrected chi connectivity index (χ3v) is 3.65. The Kier molecular flexibility index (Phi) is 12.1. The maximum Gasteiger partial charge on any atom is 3.00 e. The summed E-state index contributed by atoms with van der Waals surface area (Å²) in [6.45, 7) is 0. The van der Waals surface area contributed by atoms with Gasteiger partial charge in [-0.3, -0.25) is 14.4 Å². The first-order valence-electron chi connectivity index (χ1n) is 7.99. The number of nitrogens with zero attached hydrogens (tertiary/aromatic N) is 3. The molecule has 3 rings (SSSR count). The first kappa shape index (κ1) is 26.4. The van der Waals surface area contributed by atoms with Gasteiger partial charge >= 0.3 is 49.4 Å². The largest absolute Gasteiger partial charge is 3.00 e. The molecule has 0 aliphatic carbocycles. The number of carbonyl (C=O) groups is 6. The molecule has 3 fully saturated rings. The molecule has 3 amide bonds. The van der Waals surface area contributed by atoms with E-state index in [1.807, 2.05) is 0 Å². The van der Waals surface area contributed by atoms with Crippen LogP contribution < -0.4 is 0 Å². The normalized spacial score (nSPS) is 24.9. The zero-order valence-electron chi connectivity index (χ0n) is 14.5. The van der Waals surface area contributed by atoms with Gasteiger partial charge in [-0.25, -0.2) is 0 Å². The predicted molar refractivity (Wildman–Crippen MR) is 87.1 cm³/mol. The van der Waals surface area contributed by atoms with Crippen LogP contribution in [0.25, 0.3) is 16.0 Å². The molecule has 3 N–H and O–H groups in total. The summed E-state index contributed by atoms with van der Waals surface area (Å²) >= 11 is 0. The second-order valence-electron chi connectivity index (χ2n) is 5.75. The van der Waals surface area contributed by atoms with E-state index in [2.05, 4.69) is 16.0 Å². The van der Waals surface area contributed by atoms with Gasteiger partial charge in [0.25, 0.3) is 17.9 Å². The molecule has 0 saturated carbocycles. The Morgan fingerprint density at radius 2 is 0.821 bits per heavy atom. The quantitative estimate of drug-likeness (QED) is 0.456. The van der Waals surface area contributed by atoms with Crippen LogP contribution in [-0.2, 0) is 28.8 Å². The minimum absolute atomic E-state index is 0. The molecule has 3 unspecified atom stereocenters. The molecule has 0 aromatic rings. The summed E-state index contributed by atoms with van der Waals surface area (Å²) in [7, 11) is 0. The van der Waals surface area contributed by atoms with Crippen LogP contribution >= 0.6 is 0 Å². The van der Waals surface area contributed by atoms with Crippen LogP contribution in [0.1, 0.15) is 38.5 Å². The van der Waals surface area contributed by atoms with E-state index in [0.717, 1.165) is 0 Å². The number of hydrogen-bond acceptors (Lipinski definition) is 6. The van der Waals surface area contributed by atoms with E-state index < -0.39 is 36.0 Å². The number of aliphatic carboxylic acids is 3. The van der Waals surface area contributed by atoms with Crippen molar-refractivity contribution in [2.45, 2.75) is 56.7 Å². The van der Waals surface area contributed by atoms with Gasteiger partial charge in [-0.1, -0.05) is 19.3 Å². The summed E-state index contributed by atoms with van der Waals surface area (Å²) in [5.41, 5.74) is 0. The van der Waals surface area contributed by atoms with Gasteiger partial charge in [0.05, 0.1) is 17.7 Å². The summed E-state index contributed by atoms with van der Waals surface area (Å²) in [4.78, 5) is 61.3. The van der Waals surface area contributed by atoms with Gasteiger partial charge in [-0.15, -0.1) is 0 Å². The van der Waals surface area contributed by atoms with Crippen molar-refractivity contribution in [3.05, 3.63) is 16.0 Å². The van der Waals surface area contributed by atoms with Crippen molar-refractivity contribution in [1.29, 1.82) is 0 Å². The number of carboxylic acid groups (broad SMARTS) is 3. The van der Waals surface area contributed by atoms with Gasteiger partial charge in [0.2, 0.25) is 0 Å². The van der Waals surface area contributed by atoms with Crippen molar-refractivity contribution in [3.63, 3.8) is 0 Å². The third-order valence-electron chi connectivity index (χ3n) is 3.65. The molecule has 3 heterocycles. The van der Waals surface area contributed by atoms with E-state index in [4.69, 9.17) is 15.3 Å². The van der Waals surface area contributed by atoms with E-state index in [0.29, 0.717) is 19.3 Å². The molecule has 3 atom stereocenters. The number of carbonyl (C=O) groups excluding carboxylic acids is 3. The van der Waals surface area contributed by atoms with Gasteiger partial charge in [0.15, 0.2) is 0 Å². The van der Waals surface area contributed by atoms with E-state index in [9.17, 15) is 28.8 Å². The van der Waals surface area contributed by atoms with E-state index in [1.54, 1.807) is 0 Å². The molecular weight excluding hydrogens is 518 g/mol. The summed E-state index contributed by atoms with van der Waals surface area (Å²) in [6.07, 6.45) is 1.97. The Labute approximate surface area is 200 Å². The second-order valence-corrected chi connectivity index (χ2v) is 5.75. The van der Waals surface area contributed by atoms with Gasteiger partial charge < -0.3 is 45.7 Å². The van der Waals surface area contributed by atoms with Gasteiger partial charge in [-0.2, -0.15) is 0 Å². The van der Waals surface area contributed by atoms with Crippen molar-refractivity contribution >= 4 is 35.6 Å². The Morgan fingerprint density at radius 1 is 0.607 bits per heavy atom. The Morgan fingerprint density at radius 3 is 0.893 bits per heavy atom. The van der Waals surface area contributed by atoms with Crippen LogP contribution in [0.2, 0.25) is 0 Å². The maximum atomic E-state index is 10.3. The van der Waals surface area contributed by atoms with Crippen molar-refractivity contribution < 1.29 is 93.5 Å². The molecule has 0 radical (unpaired) electrons. The van der Waals surface area contributed by atoms with Crippen LogP contribution in [-0.4, -0.2) is 69.1 Å². The molecule has 3 aliphatic heterocycles. The Balaban J connectivity index is 0.000000384. The monoisotopic (exact) mass is 537 g/mol. The van der Waals surface area contributed by atoms with Gasteiger partial charge in [0, 0.05) is 0 Å². The Hall–Kier alpha value is -1.60. The number of carboxylic acids is 3. The SMILES string of the molecule is O=C1CCC(C(=O)O)[N-]1.O=C1CCC(C(=O)O)[N-]1.O=C1CCC(C(=O)O)[N-]1.[Eu+3]. The zero-order chi connectivity index (χ0) is 20.6. The summed E-state index contributed by atoms with van der Waals surface area (Å²) in [6, 6.07) is -2.30. The number of amides is 3. The first-order valence-corrected chi connectivity index (χ1v) is 7.99. The van der Waals surface area contributed by atoms with Crippen LogP contribution in [0, 0.1) is 49.4 Å². The summed E-state index contributed by atoms with van der Waals surface area (Å²) in [5, 5.41) is 34.9. The van der Waals surface area contributed by atoms with Gasteiger partial charge in [0.1, 0.15) is 0 Å².